The number of carbonyl (C=O) groups is 2. The van der Waals surface area contributed by atoms with Crippen molar-refractivity contribution in [1.29, 1.82) is 0 Å². The summed E-state index contributed by atoms with van der Waals surface area (Å²) < 4.78 is 16.1. The van der Waals surface area contributed by atoms with Gasteiger partial charge in [0, 0.05) is 29.9 Å². The molecule has 2 heterocycles. The van der Waals surface area contributed by atoms with Crippen LogP contribution in [0.1, 0.15) is 48.9 Å². The van der Waals surface area contributed by atoms with E-state index in [1.807, 2.05) is 27.8 Å². The number of nitrogens with zero attached hydrogens (tertiary/aromatic N) is 3. The lowest BCUT2D eigenvalue weighted by Crippen LogP contribution is -2.53. The van der Waals surface area contributed by atoms with E-state index in [1.165, 1.54) is 29.9 Å². The van der Waals surface area contributed by atoms with Gasteiger partial charge in [0.15, 0.2) is 5.69 Å². The van der Waals surface area contributed by atoms with E-state index in [1.54, 1.807) is 0 Å². The molecule has 2 aromatic rings. The zero-order valence-electron chi connectivity index (χ0n) is 18.6. The van der Waals surface area contributed by atoms with E-state index in [2.05, 4.69) is 20.6 Å². The van der Waals surface area contributed by atoms with Crippen LogP contribution in [0.4, 0.5) is 4.39 Å². The smallest absolute Gasteiger partial charge is 0.272 e. The predicted octanol–water partition coefficient (Wildman–Crippen LogP) is 2.93. The van der Waals surface area contributed by atoms with E-state index >= 15 is 0 Å². The minimum atomic E-state index is -0.753. The molecule has 7 nitrogen and oxygen atoms in total. The van der Waals surface area contributed by atoms with Gasteiger partial charge >= 0.3 is 0 Å². The summed E-state index contributed by atoms with van der Waals surface area (Å²) in [7, 11) is 3.50. The summed E-state index contributed by atoms with van der Waals surface area (Å²) in [5.74, 6) is -1.22. The molecule has 168 valence electrons. The summed E-state index contributed by atoms with van der Waals surface area (Å²) in [6, 6.07) is 3.51. The predicted molar refractivity (Wildman–Crippen MR) is 118 cm³/mol. The molecule has 0 unspecified atom stereocenters. The zero-order valence-corrected chi connectivity index (χ0v) is 19.3. The van der Waals surface area contributed by atoms with Gasteiger partial charge in [-0.3, -0.25) is 9.59 Å². The van der Waals surface area contributed by atoms with Gasteiger partial charge in [-0.15, -0.1) is 0 Å². The van der Waals surface area contributed by atoms with Crippen molar-refractivity contribution < 1.29 is 14.0 Å². The number of amides is 2. The van der Waals surface area contributed by atoms with Crippen LogP contribution in [0.5, 0.6) is 0 Å². The first-order chi connectivity index (χ1) is 14.5. The summed E-state index contributed by atoms with van der Waals surface area (Å²) in [4.78, 5) is 27.8. The van der Waals surface area contributed by atoms with Crippen molar-refractivity contribution in [3.8, 4) is 5.69 Å². The lowest BCUT2D eigenvalue weighted by molar-refractivity contribution is -0.124. The fraction of sp³-hybridized carbons (Fsp3) is 0.500. The maximum Gasteiger partial charge on any atom is 0.272 e. The van der Waals surface area contributed by atoms with Crippen LogP contribution < -0.4 is 10.6 Å². The highest BCUT2D eigenvalue weighted by Gasteiger charge is 2.35. The quantitative estimate of drug-likeness (QED) is 0.752. The first-order valence-electron chi connectivity index (χ1n) is 10.3. The second-order valence-corrected chi connectivity index (χ2v) is 9.45. The molecule has 0 bridgehead atoms. The van der Waals surface area contributed by atoms with Crippen LogP contribution in [0.2, 0.25) is 5.02 Å². The van der Waals surface area contributed by atoms with Crippen molar-refractivity contribution in [2.45, 2.75) is 46.2 Å². The third-order valence-electron chi connectivity index (χ3n) is 5.47. The minimum Gasteiger partial charge on any atom is -0.357 e. The van der Waals surface area contributed by atoms with Crippen LogP contribution in [-0.4, -0.2) is 53.2 Å². The van der Waals surface area contributed by atoms with Crippen molar-refractivity contribution in [1.82, 2.24) is 25.3 Å². The Bertz CT molecular complexity index is 999. The minimum absolute atomic E-state index is 0.196. The standard InChI is InChI=1S/C22H29ClFN5O2/c1-22(2,3)19(21(31)25-4)26-20(30)18-14-12-28(5)10-6-7-16(14)29(27-18)17-11-13(23)8-9-15(17)24/h8-9,11,19H,6-7,10,12H2,1-5H3,(H,25,31)(H,26,30)/t19-/m1/s1. The molecule has 1 atom stereocenters. The number of hydrogen-bond donors (Lipinski definition) is 2. The van der Waals surface area contributed by atoms with Gasteiger partial charge in [0.1, 0.15) is 17.5 Å². The van der Waals surface area contributed by atoms with Crippen molar-refractivity contribution >= 4 is 23.4 Å². The van der Waals surface area contributed by atoms with Gasteiger partial charge in [0.25, 0.3) is 5.91 Å². The number of fused-ring (bicyclic) bond motifs is 1. The highest BCUT2D eigenvalue weighted by Crippen LogP contribution is 2.28. The lowest BCUT2D eigenvalue weighted by Gasteiger charge is -2.29. The Morgan fingerprint density at radius 3 is 2.65 bits per heavy atom. The molecule has 1 aliphatic heterocycles. The molecule has 0 fully saturated rings. The number of nitrogens with one attached hydrogen (secondary N) is 2. The fourth-order valence-corrected chi connectivity index (χ4v) is 3.99. The van der Waals surface area contributed by atoms with Crippen LogP contribution in [0.25, 0.3) is 5.69 Å². The monoisotopic (exact) mass is 449 g/mol. The van der Waals surface area contributed by atoms with Crippen molar-refractivity contribution in [2.24, 2.45) is 5.41 Å². The molecule has 2 amide bonds. The van der Waals surface area contributed by atoms with Crippen LogP contribution in [0.3, 0.4) is 0 Å². The van der Waals surface area contributed by atoms with Crippen molar-refractivity contribution in [3.63, 3.8) is 0 Å². The molecular formula is C22H29ClFN5O2. The number of benzene rings is 1. The average Bonchev–Trinajstić information content (AvgIpc) is 2.92. The first-order valence-corrected chi connectivity index (χ1v) is 10.7. The number of carbonyl (C=O) groups excluding carboxylic acids is 2. The average molecular weight is 450 g/mol. The Hall–Kier alpha value is -2.45. The Balaban J connectivity index is 2.10. The highest BCUT2D eigenvalue weighted by atomic mass is 35.5. The molecule has 0 aliphatic carbocycles. The zero-order chi connectivity index (χ0) is 22.9. The number of halogens is 2. The first kappa shape index (κ1) is 23.2. The van der Waals surface area contributed by atoms with Crippen LogP contribution >= 0.6 is 11.6 Å². The molecule has 2 N–H and O–H groups in total. The largest absolute Gasteiger partial charge is 0.357 e. The molecule has 0 saturated heterocycles. The molecule has 1 aliphatic rings. The van der Waals surface area contributed by atoms with Crippen molar-refractivity contribution in [3.05, 3.63) is 46.0 Å². The Morgan fingerprint density at radius 1 is 1.29 bits per heavy atom. The number of likely N-dealkylation sites (N-methyl/N-ethyl adjacent to an activating group) is 1. The van der Waals surface area contributed by atoms with Crippen LogP contribution in [0.15, 0.2) is 18.2 Å². The van der Waals surface area contributed by atoms with E-state index in [4.69, 9.17) is 11.6 Å². The van der Waals surface area contributed by atoms with Crippen LogP contribution in [0, 0.1) is 11.2 Å². The second kappa shape index (κ2) is 8.96. The van der Waals surface area contributed by atoms with E-state index in [0.29, 0.717) is 18.0 Å². The molecular weight excluding hydrogens is 421 g/mol. The second-order valence-electron chi connectivity index (χ2n) is 9.01. The molecule has 0 spiro atoms. The molecule has 31 heavy (non-hydrogen) atoms. The third-order valence-corrected chi connectivity index (χ3v) is 5.71. The van der Waals surface area contributed by atoms with Crippen LogP contribution in [-0.2, 0) is 17.8 Å². The number of hydrogen-bond acceptors (Lipinski definition) is 4. The summed E-state index contributed by atoms with van der Waals surface area (Å²) in [5.41, 5.74) is 1.40. The summed E-state index contributed by atoms with van der Waals surface area (Å²) >= 11 is 6.10. The van der Waals surface area contributed by atoms with Gasteiger partial charge in [-0.05, 0) is 50.0 Å². The summed E-state index contributed by atoms with van der Waals surface area (Å²) in [6.07, 6.45) is 1.49. The van der Waals surface area contributed by atoms with E-state index in [0.717, 1.165) is 24.2 Å². The molecule has 1 aromatic carbocycles. The van der Waals surface area contributed by atoms with Gasteiger partial charge in [-0.1, -0.05) is 32.4 Å². The highest BCUT2D eigenvalue weighted by molar-refractivity contribution is 6.30. The molecule has 0 radical (unpaired) electrons. The van der Waals surface area contributed by atoms with Crippen molar-refractivity contribution in [2.75, 3.05) is 20.6 Å². The molecule has 1 aromatic heterocycles. The molecule has 0 saturated carbocycles. The third kappa shape index (κ3) is 4.91. The van der Waals surface area contributed by atoms with Gasteiger partial charge < -0.3 is 15.5 Å². The Kier molecular flexibility index (Phi) is 6.71. The maximum atomic E-state index is 14.6. The van der Waals surface area contributed by atoms with E-state index in [-0.39, 0.29) is 17.3 Å². The Morgan fingerprint density at radius 2 is 2.00 bits per heavy atom. The number of rotatable bonds is 4. The maximum absolute atomic E-state index is 14.6. The van der Waals surface area contributed by atoms with Gasteiger partial charge in [0.2, 0.25) is 5.91 Å². The Labute approximate surface area is 186 Å². The fourth-order valence-electron chi connectivity index (χ4n) is 3.82. The molecule has 3 rings (SSSR count). The number of aromatic nitrogens is 2. The summed E-state index contributed by atoms with van der Waals surface area (Å²) in [6.45, 7) is 6.97. The lowest BCUT2D eigenvalue weighted by atomic mass is 9.86. The van der Waals surface area contributed by atoms with Gasteiger partial charge in [-0.25, -0.2) is 9.07 Å². The van der Waals surface area contributed by atoms with Gasteiger partial charge in [-0.2, -0.15) is 5.10 Å². The van der Waals surface area contributed by atoms with Gasteiger partial charge in [0.05, 0.1) is 0 Å². The SMILES string of the molecule is CNC(=O)[C@@H](NC(=O)c1nn(-c2cc(Cl)ccc2F)c2c1CN(C)CCC2)C(C)(C)C. The van der Waals surface area contributed by atoms with E-state index < -0.39 is 23.2 Å². The topological polar surface area (TPSA) is 79.3 Å². The molecule has 9 heteroatoms. The van der Waals surface area contributed by atoms with E-state index in [9.17, 15) is 14.0 Å². The normalized spacial score (nSPS) is 15.7. The summed E-state index contributed by atoms with van der Waals surface area (Å²) in [5, 5.41) is 10.3.